The molecule has 0 saturated carbocycles. The number of rotatable bonds is 5. The highest BCUT2D eigenvalue weighted by Gasteiger charge is 2.19. The van der Waals surface area contributed by atoms with Gasteiger partial charge < -0.3 is 15.1 Å². The highest BCUT2D eigenvalue weighted by Crippen LogP contribution is 2.20. The predicted octanol–water partition coefficient (Wildman–Crippen LogP) is 4.08. The lowest BCUT2D eigenvalue weighted by atomic mass is 10.0. The van der Waals surface area contributed by atoms with E-state index in [0.717, 1.165) is 44.3 Å². The first-order valence-corrected chi connectivity index (χ1v) is 9.93. The molecule has 0 radical (unpaired) electrons. The summed E-state index contributed by atoms with van der Waals surface area (Å²) in [5, 5.41) is 4.26. The number of hydrogen-bond acceptors (Lipinski definition) is 2. The van der Waals surface area contributed by atoms with Crippen molar-refractivity contribution >= 4 is 23.0 Å². The van der Waals surface area contributed by atoms with E-state index in [-0.39, 0.29) is 0 Å². The Bertz CT molecular complexity index is 706. The molecule has 1 N–H and O–H groups in total. The van der Waals surface area contributed by atoms with Crippen LogP contribution in [0, 0.1) is 5.92 Å². The van der Waals surface area contributed by atoms with E-state index < -0.39 is 0 Å². The fourth-order valence-corrected chi connectivity index (χ4v) is 3.66. The fraction of sp³-hybridized carbons (Fsp3) is 0.409. The molecule has 0 aliphatic carbocycles. The largest absolute Gasteiger partial charge is 0.368 e. The van der Waals surface area contributed by atoms with E-state index in [9.17, 15) is 0 Å². The molecular formula is C22H29N3S. The number of piperazine rings is 1. The van der Waals surface area contributed by atoms with Gasteiger partial charge >= 0.3 is 0 Å². The molecule has 0 aromatic heterocycles. The van der Waals surface area contributed by atoms with Crippen LogP contribution in [0.2, 0.25) is 0 Å². The van der Waals surface area contributed by atoms with Crippen molar-refractivity contribution in [3.8, 4) is 0 Å². The molecule has 1 aliphatic heterocycles. The quantitative estimate of drug-likeness (QED) is 0.802. The number of benzene rings is 2. The second kappa shape index (κ2) is 9.04. The van der Waals surface area contributed by atoms with Crippen molar-refractivity contribution in [2.24, 2.45) is 5.92 Å². The van der Waals surface area contributed by atoms with Crippen molar-refractivity contribution in [3.05, 3.63) is 65.7 Å². The molecule has 1 heterocycles. The van der Waals surface area contributed by atoms with Crippen molar-refractivity contribution in [3.63, 3.8) is 0 Å². The zero-order valence-electron chi connectivity index (χ0n) is 15.8. The highest BCUT2D eigenvalue weighted by molar-refractivity contribution is 7.80. The van der Waals surface area contributed by atoms with E-state index in [2.05, 4.69) is 77.5 Å². The number of nitrogens with one attached hydrogen (secondary N) is 1. The van der Waals surface area contributed by atoms with Gasteiger partial charge in [0.1, 0.15) is 0 Å². The molecule has 1 aliphatic rings. The molecule has 1 saturated heterocycles. The number of hydrogen-bond donors (Lipinski definition) is 1. The molecule has 4 heteroatoms. The van der Waals surface area contributed by atoms with Gasteiger partial charge in [0.25, 0.3) is 0 Å². The van der Waals surface area contributed by atoms with Crippen molar-refractivity contribution in [1.29, 1.82) is 0 Å². The molecule has 0 spiro atoms. The Hall–Kier alpha value is -2.07. The second-order valence-corrected chi connectivity index (χ2v) is 7.77. The van der Waals surface area contributed by atoms with Gasteiger partial charge in [-0.1, -0.05) is 56.3 Å². The summed E-state index contributed by atoms with van der Waals surface area (Å²) in [5.74, 6) is 0.690. The third-order valence-corrected chi connectivity index (χ3v) is 5.18. The highest BCUT2D eigenvalue weighted by atomic mass is 32.1. The van der Waals surface area contributed by atoms with Crippen LogP contribution in [0.25, 0.3) is 0 Å². The minimum Gasteiger partial charge on any atom is -0.368 e. The molecule has 0 amide bonds. The number of nitrogens with zero attached hydrogens (tertiary/aromatic N) is 2. The molecule has 0 bridgehead atoms. The van der Waals surface area contributed by atoms with E-state index in [1.807, 2.05) is 6.07 Å². The molecule has 0 atom stereocenters. The van der Waals surface area contributed by atoms with Crippen molar-refractivity contribution in [2.75, 3.05) is 31.1 Å². The maximum atomic E-state index is 5.59. The van der Waals surface area contributed by atoms with Crippen LogP contribution in [0.3, 0.4) is 0 Å². The van der Waals surface area contributed by atoms with Gasteiger partial charge in [-0.05, 0) is 47.8 Å². The van der Waals surface area contributed by atoms with Crippen molar-refractivity contribution < 1.29 is 0 Å². The summed E-state index contributed by atoms with van der Waals surface area (Å²) in [4.78, 5) is 4.76. The maximum absolute atomic E-state index is 5.59. The molecule has 2 aromatic carbocycles. The second-order valence-electron chi connectivity index (χ2n) is 7.39. The van der Waals surface area contributed by atoms with Gasteiger partial charge in [0, 0.05) is 38.4 Å². The van der Waals surface area contributed by atoms with E-state index in [1.165, 1.54) is 16.8 Å². The normalized spacial score (nSPS) is 14.6. The lowest BCUT2D eigenvalue weighted by Gasteiger charge is -2.37. The van der Waals surface area contributed by atoms with Gasteiger partial charge in [0.15, 0.2) is 5.11 Å². The maximum Gasteiger partial charge on any atom is 0.169 e. The van der Waals surface area contributed by atoms with Crippen LogP contribution in [-0.2, 0) is 13.0 Å². The molecule has 1 fully saturated rings. The third kappa shape index (κ3) is 5.21. The SMILES string of the molecule is CC(C)Cc1cccc(N2CCN(C(=S)NCc3ccccc3)CC2)c1. The standard InChI is InChI=1S/C22H29N3S/c1-18(2)15-20-9-6-10-21(16-20)24-11-13-25(14-12-24)22(26)23-17-19-7-4-3-5-8-19/h3-10,16,18H,11-15,17H2,1-2H3,(H,23,26). The first-order valence-electron chi connectivity index (χ1n) is 9.52. The minimum atomic E-state index is 0.690. The van der Waals surface area contributed by atoms with Crippen LogP contribution in [0.4, 0.5) is 5.69 Å². The Morgan fingerprint density at radius 1 is 0.962 bits per heavy atom. The lowest BCUT2D eigenvalue weighted by molar-refractivity contribution is 0.380. The lowest BCUT2D eigenvalue weighted by Crippen LogP contribution is -2.51. The summed E-state index contributed by atoms with van der Waals surface area (Å²) in [5.41, 5.74) is 4.03. The van der Waals surface area contributed by atoms with Crippen molar-refractivity contribution in [1.82, 2.24) is 10.2 Å². The Morgan fingerprint density at radius 3 is 2.35 bits per heavy atom. The van der Waals surface area contributed by atoms with Crippen LogP contribution in [-0.4, -0.2) is 36.2 Å². The summed E-state index contributed by atoms with van der Waals surface area (Å²) in [6.07, 6.45) is 1.14. The summed E-state index contributed by atoms with van der Waals surface area (Å²) < 4.78 is 0. The summed E-state index contributed by atoms with van der Waals surface area (Å²) in [6, 6.07) is 19.4. The zero-order chi connectivity index (χ0) is 18.4. The van der Waals surface area contributed by atoms with Gasteiger partial charge in [0.2, 0.25) is 0 Å². The molecule has 138 valence electrons. The Labute approximate surface area is 163 Å². The third-order valence-electron chi connectivity index (χ3n) is 4.77. The van der Waals surface area contributed by atoms with Crippen LogP contribution < -0.4 is 10.2 Å². The molecule has 3 nitrogen and oxygen atoms in total. The Morgan fingerprint density at radius 2 is 1.65 bits per heavy atom. The average molecular weight is 368 g/mol. The first kappa shape index (κ1) is 18.7. The smallest absolute Gasteiger partial charge is 0.169 e. The van der Waals surface area contributed by atoms with Gasteiger partial charge in [0.05, 0.1) is 0 Å². The molecule has 3 rings (SSSR count). The molecular weight excluding hydrogens is 338 g/mol. The first-order chi connectivity index (χ1) is 12.6. The summed E-state index contributed by atoms with van der Waals surface area (Å²) >= 11 is 5.59. The van der Waals surface area contributed by atoms with Gasteiger partial charge in [-0.25, -0.2) is 0 Å². The fourth-order valence-electron chi connectivity index (χ4n) is 3.40. The van der Waals surface area contributed by atoms with E-state index in [1.54, 1.807) is 0 Å². The van der Waals surface area contributed by atoms with Crippen LogP contribution in [0.1, 0.15) is 25.0 Å². The predicted molar refractivity (Wildman–Crippen MR) is 115 cm³/mol. The van der Waals surface area contributed by atoms with E-state index in [4.69, 9.17) is 12.2 Å². The number of anilines is 1. The van der Waals surface area contributed by atoms with E-state index >= 15 is 0 Å². The summed E-state index contributed by atoms with van der Waals surface area (Å²) in [7, 11) is 0. The zero-order valence-corrected chi connectivity index (χ0v) is 16.6. The summed E-state index contributed by atoms with van der Waals surface area (Å²) in [6.45, 7) is 9.29. The van der Waals surface area contributed by atoms with Gasteiger partial charge in [-0.2, -0.15) is 0 Å². The molecule has 0 unspecified atom stereocenters. The van der Waals surface area contributed by atoms with Crippen molar-refractivity contribution in [2.45, 2.75) is 26.8 Å². The molecule has 26 heavy (non-hydrogen) atoms. The van der Waals surface area contributed by atoms with Crippen LogP contribution in [0.5, 0.6) is 0 Å². The van der Waals surface area contributed by atoms with E-state index in [0.29, 0.717) is 5.92 Å². The topological polar surface area (TPSA) is 18.5 Å². The number of thiocarbonyl (C=S) groups is 1. The molecule has 2 aromatic rings. The van der Waals surface area contributed by atoms with Crippen LogP contribution >= 0.6 is 12.2 Å². The minimum absolute atomic E-state index is 0.690. The van der Waals surface area contributed by atoms with Gasteiger partial charge in [-0.15, -0.1) is 0 Å². The van der Waals surface area contributed by atoms with Gasteiger partial charge in [-0.3, -0.25) is 0 Å². The van der Waals surface area contributed by atoms with Crippen LogP contribution in [0.15, 0.2) is 54.6 Å². The average Bonchev–Trinajstić information content (AvgIpc) is 2.67. The Kier molecular flexibility index (Phi) is 6.51. The monoisotopic (exact) mass is 367 g/mol. The Balaban J connectivity index is 1.50.